The van der Waals surface area contributed by atoms with Crippen LogP contribution in [0.1, 0.15) is 44.9 Å². The van der Waals surface area contributed by atoms with Crippen LogP contribution in [-0.2, 0) is 0 Å². The molecule has 2 aromatic carbocycles. The van der Waals surface area contributed by atoms with E-state index >= 15 is 0 Å². The van der Waals surface area contributed by atoms with Crippen molar-refractivity contribution in [3.8, 4) is 0 Å². The minimum absolute atomic E-state index is 0.647. The van der Waals surface area contributed by atoms with Crippen molar-refractivity contribution < 1.29 is 0 Å². The lowest BCUT2D eigenvalue weighted by atomic mass is 9.96. The third-order valence-corrected chi connectivity index (χ3v) is 4.42. The summed E-state index contributed by atoms with van der Waals surface area (Å²) < 4.78 is 0. The Hall–Kier alpha value is -1.96. The zero-order chi connectivity index (χ0) is 15.0. The molecule has 0 aromatic heterocycles. The minimum Gasteiger partial charge on any atom is -0.382 e. The fourth-order valence-electron chi connectivity index (χ4n) is 3.17. The summed E-state index contributed by atoms with van der Waals surface area (Å²) >= 11 is 0. The number of para-hydroxylation sites is 1. The van der Waals surface area contributed by atoms with Gasteiger partial charge in [-0.2, -0.15) is 0 Å². The molecule has 116 valence electrons. The maximum atomic E-state index is 3.71. The van der Waals surface area contributed by atoms with Crippen molar-refractivity contribution >= 4 is 17.1 Å². The summed E-state index contributed by atoms with van der Waals surface area (Å²) in [6, 6.07) is 19.6. The van der Waals surface area contributed by atoms with Gasteiger partial charge < -0.3 is 10.6 Å². The molecule has 2 heteroatoms. The van der Waals surface area contributed by atoms with Gasteiger partial charge in [0.15, 0.2) is 0 Å². The number of anilines is 3. The quantitative estimate of drug-likeness (QED) is 0.727. The van der Waals surface area contributed by atoms with Gasteiger partial charge >= 0.3 is 0 Å². The molecule has 1 aliphatic rings. The highest BCUT2D eigenvalue weighted by Crippen LogP contribution is 2.23. The Morgan fingerprint density at radius 1 is 0.591 bits per heavy atom. The first-order valence-electron chi connectivity index (χ1n) is 8.59. The smallest absolute Gasteiger partial charge is 0.0385 e. The number of nitrogens with one attached hydrogen (secondary N) is 2. The highest BCUT2D eigenvalue weighted by molar-refractivity contribution is 5.62. The Kier molecular flexibility index (Phi) is 5.36. The topological polar surface area (TPSA) is 24.1 Å². The van der Waals surface area contributed by atoms with Crippen molar-refractivity contribution in [3.63, 3.8) is 0 Å². The molecule has 1 fully saturated rings. The summed E-state index contributed by atoms with van der Waals surface area (Å²) in [6.07, 6.45) is 9.58. The summed E-state index contributed by atoms with van der Waals surface area (Å²) in [5.41, 5.74) is 3.50. The van der Waals surface area contributed by atoms with Crippen LogP contribution in [0.5, 0.6) is 0 Å². The van der Waals surface area contributed by atoms with Gasteiger partial charge in [-0.05, 0) is 49.2 Å². The van der Waals surface area contributed by atoms with E-state index in [1.54, 1.807) is 0 Å². The molecule has 0 aliphatic heterocycles. The molecule has 0 saturated heterocycles. The monoisotopic (exact) mass is 294 g/mol. The standard InChI is InChI=1S/C20H26N2/c1-2-5-9-17(10-6-3-1)21-19-13-15-20(16-14-19)22-18-11-7-4-8-12-18/h4,7-8,11-17,21-22H,1-3,5-6,9-10H2. The van der Waals surface area contributed by atoms with Crippen LogP contribution in [0.4, 0.5) is 17.1 Å². The molecular weight excluding hydrogens is 268 g/mol. The first-order valence-corrected chi connectivity index (χ1v) is 8.59. The molecule has 0 amide bonds. The molecular formula is C20H26N2. The molecule has 0 bridgehead atoms. The fraction of sp³-hybridized carbons (Fsp3) is 0.400. The Labute approximate surface area is 134 Å². The Balaban J connectivity index is 1.56. The minimum atomic E-state index is 0.647. The van der Waals surface area contributed by atoms with Gasteiger partial charge in [-0.3, -0.25) is 0 Å². The fourth-order valence-corrected chi connectivity index (χ4v) is 3.17. The third kappa shape index (κ3) is 4.52. The molecule has 1 saturated carbocycles. The molecule has 0 spiro atoms. The van der Waals surface area contributed by atoms with Gasteiger partial charge in [0, 0.05) is 23.1 Å². The van der Waals surface area contributed by atoms with Crippen LogP contribution in [0.25, 0.3) is 0 Å². The normalized spacial score (nSPS) is 16.5. The summed E-state index contributed by atoms with van der Waals surface area (Å²) in [6.45, 7) is 0. The van der Waals surface area contributed by atoms with Crippen molar-refractivity contribution in [1.82, 2.24) is 0 Å². The maximum absolute atomic E-state index is 3.71. The van der Waals surface area contributed by atoms with E-state index in [1.807, 2.05) is 18.2 Å². The van der Waals surface area contributed by atoms with Crippen molar-refractivity contribution in [1.29, 1.82) is 0 Å². The van der Waals surface area contributed by atoms with Crippen LogP contribution in [0, 0.1) is 0 Å². The van der Waals surface area contributed by atoms with E-state index in [2.05, 4.69) is 47.0 Å². The Morgan fingerprint density at radius 2 is 1.14 bits per heavy atom. The molecule has 22 heavy (non-hydrogen) atoms. The van der Waals surface area contributed by atoms with Crippen LogP contribution in [0.15, 0.2) is 54.6 Å². The molecule has 3 rings (SSSR count). The van der Waals surface area contributed by atoms with Crippen molar-refractivity contribution in [2.45, 2.75) is 51.0 Å². The average molecular weight is 294 g/mol. The lowest BCUT2D eigenvalue weighted by Crippen LogP contribution is -2.20. The zero-order valence-electron chi connectivity index (χ0n) is 13.2. The summed E-state index contributed by atoms with van der Waals surface area (Å²) in [7, 11) is 0. The van der Waals surface area contributed by atoms with E-state index in [-0.39, 0.29) is 0 Å². The third-order valence-electron chi connectivity index (χ3n) is 4.42. The van der Waals surface area contributed by atoms with Gasteiger partial charge in [-0.1, -0.05) is 50.3 Å². The van der Waals surface area contributed by atoms with Crippen LogP contribution in [0.2, 0.25) is 0 Å². The Bertz CT molecular complexity index is 540. The van der Waals surface area contributed by atoms with E-state index in [0.717, 1.165) is 11.4 Å². The molecule has 0 unspecified atom stereocenters. The highest BCUT2D eigenvalue weighted by atomic mass is 14.9. The number of hydrogen-bond acceptors (Lipinski definition) is 2. The molecule has 2 aromatic rings. The molecule has 2 N–H and O–H groups in total. The predicted octanol–water partition coefficient (Wildman–Crippen LogP) is 5.96. The SMILES string of the molecule is c1ccc(Nc2ccc(NC3CCCCCCC3)cc2)cc1. The second-order valence-electron chi connectivity index (χ2n) is 6.25. The largest absolute Gasteiger partial charge is 0.382 e. The molecule has 0 heterocycles. The van der Waals surface area contributed by atoms with Crippen LogP contribution in [-0.4, -0.2) is 6.04 Å². The van der Waals surface area contributed by atoms with Crippen LogP contribution < -0.4 is 10.6 Å². The lowest BCUT2D eigenvalue weighted by Gasteiger charge is -2.22. The van der Waals surface area contributed by atoms with Crippen molar-refractivity contribution in [2.24, 2.45) is 0 Å². The highest BCUT2D eigenvalue weighted by Gasteiger charge is 2.10. The second kappa shape index (κ2) is 7.88. The van der Waals surface area contributed by atoms with Crippen molar-refractivity contribution in [2.75, 3.05) is 10.6 Å². The molecule has 1 aliphatic carbocycles. The van der Waals surface area contributed by atoms with E-state index in [1.165, 1.54) is 50.6 Å². The second-order valence-corrected chi connectivity index (χ2v) is 6.25. The molecule has 2 nitrogen and oxygen atoms in total. The van der Waals surface area contributed by atoms with Gasteiger partial charge in [-0.15, -0.1) is 0 Å². The van der Waals surface area contributed by atoms with E-state index in [9.17, 15) is 0 Å². The zero-order valence-corrected chi connectivity index (χ0v) is 13.2. The lowest BCUT2D eigenvalue weighted by molar-refractivity contribution is 0.471. The summed E-state index contributed by atoms with van der Waals surface area (Å²) in [5, 5.41) is 7.14. The van der Waals surface area contributed by atoms with E-state index in [4.69, 9.17) is 0 Å². The number of rotatable bonds is 4. The summed E-state index contributed by atoms with van der Waals surface area (Å²) in [4.78, 5) is 0. The van der Waals surface area contributed by atoms with Crippen LogP contribution >= 0.6 is 0 Å². The van der Waals surface area contributed by atoms with Gasteiger partial charge in [0.25, 0.3) is 0 Å². The van der Waals surface area contributed by atoms with E-state index in [0.29, 0.717) is 6.04 Å². The van der Waals surface area contributed by atoms with Gasteiger partial charge in [0.1, 0.15) is 0 Å². The maximum Gasteiger partial charge on any atom is 0.0385 e. The first kappa shape index (κ1) is 15.0. The first-order chi connectivity index (χ1) is 10.9. The van der Waals surface area contributed by atoms with E-state index < -0.39 is 0 Å². The van der Waals surface area contributed by atoms with Gasteiger partial charge in [-0.25, -0.2) is 0 Å². The number of benzene rings is 2. The predicted molar refractivity (Wildman–Crippen MR) is 95.9 cm³/mol. The molecule has 0 radical (unpaired) electrons. The van der Waals surface area contributed by atoms with Gasteiger partial charge in [0.2, 0.25) is 0 Å². The van der Waals surface area contributed by atoms with Crippen molar-refractivity contribution in [3.05, 3.63) is 54.6 Å². The molecule has 0 atom stereocenters. The summed E-state index contributed by atoms with van der Waals surface area (Å²) in [5.74, 6) is 0. The van der Waals surface area contributed by atoms with Gasteiger partial charge in [0.05, 0.1) is 0 Å². The Morgan fingerprint density at radius 3 is 1.82 bits per heavy atom. The van der Waals surface area contributed by atoms with Crippen LogP contribution in [0.3, 0.4) is 0 Å². The average Bonchev–Trinajstić information content (AvgIpc) is 2.53. The number of hydrogen-bond donors (Lipinski definition) is 2.